The van der Waals surface area contributed by atoms with Crippen molar-refractivity contribution in [2.24, 2.45) is 0 Å². The van der Waals surface area contributed by atoms with Gasteiger partial charge in [0.15, 0.2) is 0 Å². The number of fused-ring (bicyclic) bond motifs is 1. The van der Waals surface area contributed by atoms with Crippen LogP contribution in [0, 0.1) is 0 Å². The zero-order chi connectivity index (χ0) is 17.1. The van der Waals surface area contributed by atoms with E-state index in [9.17, 15) is 4.79 Å². The van der Waals surface area contributed by atoms with Crippen LogP contribution in [-0.2, 0) is 4.74 Å². The van der Waals surface area contributed by atoms with Crippen molar-refractivity contribution in [3.05, 3.63) is 36.4 Å². The van der Waals surface area contributed by atoms with Gasteiger partial charge < -0.3 is 19.6 Å². The summed E-state index contributed by atoms with van der Waals surface area (Å²) in [7, 11) is 0. The van der Waals surface area contributed by atoms with Gasteiger partial charge in [-0.1, -0.05) is 17.3 Å². The molecule has 0 spiro atoms. The summed E-state index contributed by atoms with van der Waals surface area (Å²) in [6, 6.07) is 7.80. The lowest BCUT2D eigenvalue weighted by Crippen LogP contribution is -2.41. The van der Waals surface area contributed by atoms with Crippen LogP contribution in [-0.4, -0.2) is 65.3 Å². The zero-order valence-electron chi connectivity index (χ0n) is 13.7. The average Bonchev–Trinajstić information content (AvgIpc) is 3.31. The van der Waals surface area contributed by atoms with Crippen molar-refractivity contribution in [3.63, 3.8) is 0 Å². The highest BCUT2D eigenvalue weighted by Gasteiger charge is 2.17. The van der Waals surface area contributed by atoms with Gasteiger partial charge in [0.05, 0.1) is 13.2 Å². The van der Waals surface area contributed by atoms with Gasteiger partial charge in [0.1, 0.15) is 0 Å². The summed E-state index contributed by atoms with van der Waals surface area (Å²) in [5, 5.41) is 7.83. The van der Waals surface area contributed by atoms with Crippen LogP contribution in [0.3, 0.4) is 0 Å². The van der Waals surface area contributed by atoms with Gasteiger partial charge in [-0.15, -0.1) is 0 Å². The van der Waals surface area contributed by atoms with E-state index < -0.39 is 0 Å². The first-order valence-electron chi connectivity index (χ1n) is 8.29. The lowest BCUT2D eigenvalue weighted by atomic mass is 10.1. The van der Waals surface area contributed by atoms with Crippen molar-refractivity contribution in [1.82, 2.24) is 25.3 Å². The maximum Gasteiger partial charge on any atom is 0.316 e. The molecule has 3 heterocycles. The third-order valence-electron chi connectivity index (χ3n) is 4.25. The molecule has 1 aromatic carbocycles. The Hall–Kier alpha value is -2.71. The van der Waals surface area contributed by atoms with Gasteiger partial charge >= 0.3 is 11.8 Å². The van der Waals surface area contributed by atoms with Crippen molar-refractivity contribution in [2.45, 2.75) is 0 Å². The summed E-state index contributed by atoms with van der Waals surface area (Å²) in [5.74, 6) is 0.0198. The minimum absolute atomic E-state index is 0.0245. The second-order valence-electron chi connectivity index (χ2n) is 5.91. The van der Waals surface area contributed by atoms with Crippen LogP contribution in [0.2, 0.25) is 0 Å². The fourth-order valence-electron chi connectivity index (χ4n) is 2.85. The number of hydrogen-bond donors (Lipinski definition) is 2. The van der Waals surface area contributed by atoms with Crippen molar-refractivity contribution in [2.75, 3.05) is 39.4 Å². The molecule has 0 bridgehead atoms. The molecular weight excluding hydrogens is 322 g/mol. The van der Waals surface area contributed by atoms with Crippen molar-refractivity contribution < 1.29 is 14.1 Å². The molecule has 4 rings (SSSR count). The maximum absolute atomic E-state index is 12.1. The number of rotatable bonds is 5. The van der Waals surface area contributed by atoms with Crippen LogP contribution in [0.5, 0.6) is 0 Å². The molecule has 0 unspecified atom stereocenters. The van der Waals surface area contributed by atoms with Crippen molar-refractivity contribution in [3.8, 4) is 11.4 Å². The van der Waals surface area contributed by atoms with Crippen LogP contribution in [0.4, 0.5) is 0 Å². The first-order chi connectivity index (χ1) is 12.3. The topological polar surface area (TPSA) is 96.3 Å². The minimum atomic E-state index is -0.354. The highest BCUT2D eigenvalue weighted by molar-refractivity contribution is 5.90. The number of aromatic nitrogens is 3. The third-order valence-corrected chi connectivity index (χ3v) is 4.25. The van der Waals surface area contributed by atoms with Gasteiger partial charge in [0.2, 0.25) is 5.82 Å². The Bertz CT molecular complexity index is 866. The average molecular weight is 341 g/mol. The standard InChI is InChI=1S/C17H19N5O3/c23-16(19-5-6-22-7-9-24-10-8-22)17-20-15(21-25-17)13-2-1-12-3-4-18-14(12)11-13/h1-4,11,18H,5-10H2,(H,19,23). The smallest absolute Gasteiger partial charge is 0.316 e. The normalized spacial score (nSPS) is 15.5. The fourth-order valence-corrected chi connectivity index (χ4v) is 2.85. The molecule has 2 N–H and O–H groups in total. The van der Waals surface area contributed by atoms with E-state index in [4.69, 9.17) is 9.26 Å². The van der Waals surface area contributed by atoms with E-state index in [0.29, 0.717) is 12.4 Å². The van der Waals surface area contributed by atoms with Crippen LogP contribution in [0.1, 0.15) is 10.7 Å². The zero-order valence-corrected chi connectivity index (χ0v) is 13.7. The van der Waals surface area contributed by atoms with E-state index in [2.05, 4.69) is 25.3 Å². The number of nitrogens with zero attached hydrogens (tertiary/aromatic N) is 3. The molecule has 25 heavy (non-hydrogen) atoms. The summed E-state index contributed by atoms with van der Waals surface area (Å²) in [6.07, 6.45) is 1.87. The molecule has 3 aromatic rings. The number of hydrogen-bond acceptors (Lipinski definition) is 6. The molecule has 1 fully saturated rings. The van der Waals surface area contributed by atoms with Crippen LogP contribution < -0.4 is 5.32 Å². The first kappa shape index (κ1) is 15.8. The Morgan fingerprint density at radius 2 is 2.16 bits per heavy atom. The molecule has 1 aliphatic rings. The first-order valence-corrected chi connectivity index (χ1v) is 8.29. The fraction of sp³-hybridized carbons (Fsp3) is 0.353. The lowest BCUT2D eigenvalue weighted by Gasteiger charge is -2.26. The molecule has 8 heteroatoms. The summed E-state index contributed by atoms with van der Waals surface area (Å²) in [4.78, 5) is 21.7. The monoisotopic (exact) mass is 341 g/mol. The van der Waals surface area contributed by atoms with Crippen LogP contribution >= 0.6 is 0 Å². The second kappa shape index (κ2) is 7.04. The van der Waals surface area contributed by atoms with E-state index in [0.717, 1.165) is 49.3 Å². The number of morpholine rings is 1. The molecule has 0 atom stereocenters. The van der Waals surface area contributed by atoms with E-state index >= 15 is 0 Å². The Labute approximate surface area is 144 Å². The summed E-state index contributed by atoms with van der Waals surface area (Å²) < 4.78 is 10.4. The largest absolute Gasteiger partial charge is 0.379 e. The van der Waals surface area contributed by atoms with Crippen molar-refractivity contribution >= 4 is 16.8 Å². The Balaban J connectivity index is 1.37. The molecular formula is C17H19N5O3. The second-order valence-corrected chi connectivity index (χ2v) is 5.91. The molecule has 8 nitrogen and oxygen atoms in total. The molecule has 1 aliphatic heterocycles. The number of H-pyrrole nitrogens is 1. The molecule has 130 valence electrons. The summed E-state index contributed by atoms with van der Waals surface area (Å²) >= 11 is 0. The van der Waals surface area contributed by atoms with Gasteiger partial charge in [0, 0.05) is 43.5 Å². The number of benzene rings is 1. The van der Waals surface area contributed by atoms with Gasteiger partial charge in [-0.05, 0) is 17.5 Å². The predicted molar refractivity (Wildman–Crippen MR) is 91.2 cm³/mol. The molecule has 0 saturated carbocycles. The Morgan fingerprint density at radius 1 is 1.28 bits per heavy atom. The summed E-state index contributed by atoms with van der Waals surface area (Å²) in [6.45, 7) is 4.58. The molecule has 2 aromatic heterocycles. The van der Waals surface area contributed by atoms with Gasteiger partial charge in [-0.3, -0.25) is 9.69 Å². The maximum atomic E-state index is 12.1. The highest BCUT2D eigenvalue weighted by atomic mass is 16.5. The Morgan fingerprint density at radius 3 is 3.04 bits per heavy atom. The predicted octanol–water partition coefficient (Wildman–Crippen LogP) is 1.28. The van der Waals surface area contributed by atoms with E-state index in [-0.39, 0.29) is 11.8 Å². The van der Waals surface area contributed by atoms with Gasteiger partial charge in [0.25, 0.3) is 0 Å². The molecule has 1 amide bonds. The molecule has 0 aliphatic carbocycles. The summed E-state index contributed by atoms with van der Waals surface area (Å²) in [5.41, 5.74) is 1.78. The van der Waals surface area contributed by atoms with Crippen LogP contribution in [0.15, 0.2) is 35.0 Å². The number of amides is 1. The highest BCUT2D eigenvalue weighted by Crippen LogP contribution is 2.21. The number of carbonyl (C=O) groups excluding carboxylic acids is 1. The van der Waals surface area contributed by atoms with Crippen LogP contribution in [0.25, 0.3) is 22.3 Å². The minimum Gasteiger partial charge on any atom is -0.379 e. The van der Waals surface area contributed by atoms with Gasteiger partial charge in [-0.25, -0.2) is 0 Å². The number of aromatic amines is 1. The van der Waals surface area contributed by atoms with E-state index in [1.165, 1.54) is 0 Å². The SMILES string of the molecule is O=C(NCCN1CCOCC1)c1nc(-c2ccc3cc[nH]c3c2)no1. The van der Waals surface area contributed by atoms with Crippen molar-refractivity contribution in [1.29, 1.82) is 0 Å². The lowest BCUT2D eigenvalue weighted by molar-refractivity contribution is 0.0382. The quantitative estimate of drug-likeness (QED) is 0.726. The van der Waals surface area contributed by atoms with E-state index in [1.54, 1.807) is 0 Å². The Kier molecular flexibility index (Phi) is 4.45. The number of nitrogens with one attached hydrogen (secondary N) is 2. The third kappa shape index (κ3) is 3.54. The molecule has 1 saturated heterocycles. The van der Waals surface area contributed by atoms with E-state index in [1.807, 2.05) is 30.5 Å². The number of carbonyl (C=O) groups is 1. The molecule has 0 radical (unpaired) electrons. The van der Waals surface area contributed by atoms with Gasteiger partial charge in [-0.2, -0.15) is 4.98 Å². The number of ether oxygens (including phenoxy) is 1.